The predicted octanol–water partition coefficient (Wildman–Crippen LogP) is 3.56. The summed E-state index contributed by atoms with van der Waals surface area (Å²) in [5.41, 5.74) is 0. The topological polar surface area (TPSA) is 37.3 Å². The van der Waals surface area contributed by atoms with E-state index in [9.17, 15) is 4.79 Å². The molecule has 0 aliphatic carbocycles. The van der Waals surface area contributed by atoms with Gasteiger partial charge in [0, 0.05) is 10.6 Å². The fourth-order valence-electron chi connectivity index (χ4n) is 0.844. The first-order valence-electron chi connectivity index (χ1n) is 3.90. The van der Waals surface area contributed by atoms with Crippen LogP contribution in [0.5, 0.6) is 0 Å². The van der Waals surface area contributed by atoms with Crippen LogP contribution in [0.15, 0.2) is 23.1 Å². The van der Waals surface area contributed by atoms with Crippen LogP contribution in [0.2, 0.25) is 10.0 Å². The lowest BCUT2D eigenvalue weighted by atomic mass is 10.4. The van der Waals surface area contributed by atoms with Gasteiger partial charge in [0.25, 0.3) is 0 Å². The van der Waals surface area contributed by atoms with E-state index in [0.29, 0.717) is 15.8 Å². The molecule has 0 aliphatic rings. The second-order valence-corrected chi connectivity index (χ2v) is 4.47. The fraction of sp³-hybridized carbons (Fsp3) is 0.222. The maximum atomic E-state index is 10.3. The molecular formula is C9H8Cl2O2S. The number of aliphatic carboxylic acids is 1. The Bertz CT molecular complexity index is 342. The zero-order valence-corrected chi connectivity index (χ0v) is 9.49. The Morgan fingerprint density at radius 2 is 2.14 bits per heavy atom. The number of hydrogen-bond donors (Lipinski definition) is 1. The average molecular weight is 251 g/mol. The van der Waals surface area contributed by atoms with E-state index in [1.165, 1.54) is 11.8 Å². The molecule has 1 rings (SSSR count). The minimum Gasteiger partial charge on any atom is -0.481 e. The summed E-state index contributed by atoms with van der Waals surface area (Å²) >= 11 is 13.1. The van der Waals surface area contributed by atoms with Crippen LogP contribution in [0.4, 0.5) is 0 Å². The number of thioether (sulfide) groups is 1. The molecule has 0 saturated heterocycles. The van der Waals surface area contributed by atoms with Gasteiger partial charge in [0.15, 0.2) is 0 Å². The van der Waals surface area contributed by atoms with Gasteiger partial charge in [-0.2, -0.15) is 0 Å². The highest BCUT2D eigenvalue weighted by Gasteiger charge is 2.05. The lowest BCUT2D eigenvalue weighted by molar-refractivity contribution is -0.136. The monoisotopic (exact) mass is 250 g/mol. The second-order valence-electron chi connectivity index (χ2n) is 2.54. The van der Waals surface area contributed by atoms with E-state index in [1.54, 1.807) is 12.1 Å². The molecule has 76 valence electrons. The van der Waals surface area contributed by atoms with Gasteiger partial charge < -0.3 is 5.11 Å². The first-order chi connectivity index (χ1) is 6.61. The minimum absolute atomic E-state index is 0.119. The molecule has 0 saturated carbocycles. The summed E-state index contributed by atoms with van der Waals surface area (Å²) in [7, 11) is 0. The number of carboxylic acids is 1. The van der Waals surface area contributed by atoms with Gasteiger partial charge in [-0.15, -0.1) is 11.8 Å². The molecule has 0 heterocycles. The van der Waals surface area contributed by atoms with Crippen molar-refractivity contribution in [1.82, 2.24) is 0 Å². The van der Waals surface area contributed by atoms with Crippen molar-refractivity contribution >= 4 is 40.9 Å². The summed E-state index contributed by atoms with van der Waals surface area (Å²) in [6.07, 6.45) is 0.119. The van der Waals surface area contributed by atoms with E-state index in [4.69, 9.17) is 28.3 Å². The number of carboxylic acid groups (broad SMARTS) is 1. The Kier molecular flexibility index (Phi) is 4.58. The number of carbonyl (C=O) groups is 1. The van der Waals surface area contributed by atoms with Crippen molar-refractivity contribution in [2.24, 2.45) is 0 Å². The lowest BCUT2D eigenvalue weighted by Gasteiger charge is -2.03. The molecule has 0 unspecified atom stereocenters. The van der Waals surface area contributed by atoms with Gasteiger partial charge in [0.2, 0.25) is 0 Å². The molecule has 1 aromatic carbocycles. The third-order valence-electron chi connectivity index (χ3n) is 1.49. The Labute approximate surface area is 96.2 Å². The maximum absolute atomic E-state index is 10.3. The molecule has 0 aliphatic heterocycles. The van der Waals surface area contributed by atoms with Crippen LogP contribution in [0.1, 0.15) is 6.42 Å². The Balaban J connectivity index is 2.59. The first kappa shape index (κ1) is 11.7. The number of benzene rings is 1. The van der Waals surface area contributed by atoms with Crippen molar-refractivity contribution in [1.29, 1.82) is 0 Å². The van der Waals surface area contributed by atoms with Crippen LogP contribution in [0.25, 0.3) is 0 Å². The molecule has 0 radical (unpaired) electrons. The van der Waals surface area contributed by atoms with E-state index in [1.807, 2.05) is 6.07 Å². The molecule has 2 nitrogen and oxygen atoms in total. The average Bonchev–Trinajstić information content (AvgIpc) is 2.12. The molecular weight excluding hydrogens is 243 g/mol. The summed E-state index contributed by atoms with van der Waals surface area (Å²) in [5, 5.41) is 9.43. The molecule has 0 fully saturated rings. The lowest BCUT2D eigenvalue weighted by Crippen LogP contribution is -1.95. The quantitative estimate of drug-likeness (QED) is 0.831. The van der Waals surface area contributed by atoms with E-state index in [0.717, 1.165) is 4.90 Å². The number of hydrogen-bond acceptors (Lipinski definition) is 2. The summed E-state index contributed by atoms with van der Waals surface area (Å²) in [5.74, 6) is -0.314. The van der Waals surface area contributed by atoms with Crippen molar-refractivity contribution in [3.63, 3.8) is 0 Å². The highest BCUT2D eigenvalue weighted by Crippen LogP contribution is 2.32. The largest absolute Gasteiger partial charge is 0.481 e. The van der Waals surface area contributed by atoms with Gasteiger partial charge >= 0.3 is 5.97 Å². The van der Waals surface area contributed by atoms with Crippen molar-refractivity contribution in [3.8, 4) is 0 Å². The Hall–Kier alpha value is -0.380. The van der Waals surface area contributed by atoms with Crippen LogP contribution >= 0.6 is 35.0 Å². The zero-order valence-electron chi connectivity index (χ0n) is 7.17. The molecule has 0 spiro atoms. The Morgan fingerprint density at radius 3 is 2.79 bits per heavy atom. The predicted molar refractivity (Wildman–Crippen MR) is 59.4 cm³/mol. The van der Waals surface area contributed by atoms with Gasteiger partial charge in [0.1, 0.15) is 0 Å². The van der Waals surface area contributed by atoms with Crippen LogP contribution < -0.4 is 0 Å². The van der Waals surface area contributed by atoms with Gasteiger partial charge in [-0.05, 0) is 12.1 Å². The standard InChI is InChI=1S/C9H8Cl2O2S/c10-6-2-1-3-7(9(6)11)14-5-4-8(12)13/h1-3H,4-5H2,(H,12,13). The summed E-state index contributed by atoms with van der Waals surface area (Å²) < 4.78 is 0. The normalized spacial score (nSPS) is 10.1. The van der Waals surface area contributed by atoms with Crippen LogP contribution in [0, 0.1) is 0 Å². The van der Waals surface area contributed by atoms with Crippen molar-refractivity contribution in [2.45, 2.75) is 11.3 Å². The number of rotatable bonds is 4. The van der Waals surface area contributed by atoms with E-state index in [2.05, 4.69) is 0 Å². The fourth-order valence-corrected chi connectivity index (χ4v) is 2.27. The molecule has 0 atom stereocenters. The van der Waals surface area contributed by atoms with Gasteiger partial charge in [-0.1, -0.05) is 29.3 Å². The summed E-state index contributed by atoms with van der Waals surface area (Å²) in [6, 6.07) is 5.31. The van der Waals surface area contributed by atoms with Crippen molar-refractivity contribution in [3.05, 3.63) is 28.2 Å². The molecule has 0 bridgehead atoms. The SMILES string of the molecule is O=C(O)CCSc1cccc(Cl)c1Cl. The molecule has 0 amide bonds. The first-order valence-corrected chi connectivity index (χ1v) is 5.64. The molecule has 14 heavy (non-hydrogen) atoms. The summed E-state index contributed by atoms with van der Waals surface area (Å²) in [4.78, 5) is 11.1. The molecule has 0 aromatic heterocycles. The van der Waals surface area contributed by atoms with Gasteiger partial charge in [-0.25, -0.2) is 0 Å². The number of halogens is 2. The minimum atomic E-state index is -0.810. The third kappa shape index (κ3) is 3.40. The van der Waals surface area contributed by atoms with Gasteiger partial charge in [-0.3, -0.25) is 4.79 Å². The Morgan fingerprint density at radius 1 is 1.43 bits per heavy atom. The van der Waals surface area contributed by atoms with Crippen LogP contribution in [0.3, 0.4) is 0 Å². The molecule has 5 heteroatoms. The van der Waals surface area contributed by atoms with Crippen molar-refractivity contribution in [2.75, 3.05) is 5.75 Å². The second kappa shape index (κ2) is 5.49. The maximum Gasteiger partial charge on any atom is 0.304 e. The highest BCUT2D eigenvalue weighted by atomic mass is 35.5. The van der Waals surface area contributed by atoms with Crippen molar-refractivity contribution < 1.29 is 9.90 Å². The van der Waals surface area contributed by atoms with E-state index < -0.39 is 5.97 Å². The van der Waals surface area contributed by atoms with Crippen LogP contribution in [-0.4, -0.2) is 16.8 Å². The van der Waals surface area contributed by atoms with Crippen LogP contribution in [-0.2, 0) is 4.79 Å². The zero-order chi connectivity index (χ0) is 10.6. The molecule has 1 N–H and O–H groups in total. The van der Waals surface area contributed by atoms with E-state index >= 15 is 0 Å². The third-order valence-corrected chi connectivity index (χ3v) is 3.48. The van der Waals surface area contributed by atoms with Gasteiger partial charge in [0.05, 0.1) is 16.5 Å². The smallest absolute Gasteiger partial charge is 0.304 e. The molecule has 1 aromatic rings. The highest BCUT2D eigenvalue weighted by molar-refractivity contribution is 7.99. The summed E-state index contributed by atoms with van der Waals surface area (Å²) in [6.45, 7) is 0. The van der Waals surface area contributed by atoms with E-state index in [-0.39, 0.29) is 6.42 Å².